The number of carbonyl (C=O) groups is 1. The molecule has 1 aromatic rings. The predicted octanol–water partition coefficient (Wildman–Crippen LogP) is 2.68. The smallest absolute Gasteiger partial charge is 0.162 e. The molecule has 0 radical (unpaired) electrons. The van der Waals surface area contributed by atoms with E-state index in [2.05, 4.69) is 19.2 Å². The summed E-state index contributed by atoms with van der Waals surface area (Å²) in [6, 6.07) is 7.62. The molecule has 1 fully saturated rings. The minimum Gasteiger partial charge on any atom is -0.392 e. The van der Waals surface area contributed by atoms with Crippen LogP contribution in [0.1, 0.15) is 45.2 Å². The summed E-state index contributed by atoms with van der Waals surface area (Å²) in [4.78, 5) is 12.4. The van der Waals surface area contributed by atoms with Crippen molar-refractivity contribution in [3.8, 4) is 0 Å². The number of aliphatic hydroxyl groups is 1. The van der Waals surface area contributed by atoms with E-state index in [0.717, 1.165) is 16.7 Å². The fourth-order valence-electron chi connectivity index (χ4n) is 2.95. The maximum absolute atomic E-state index is 12.4. The minimum absolute atomic E-state index is 0.0387. The van der Waals surface area contributed by atoms with Crippen LogP contribution in [0.5, 0.6) is 0 Å². The van der Waals surface area contributed by atoms with Gasteiger partial charge in [-0.1, -0.05) is 24.3 Å². The molecular weight excluding hydrogens is 250 g/mol. The van der Waals surface area contributed by atoms with Crippen LogP contribution < -0.4 is 5.32 Å². The highest BCUT2D eigenvalue weighted by Crippen LogP contribution is 2.31. The number of piperidine rings is 1. The lowest BCUT2D eigenvalue weighted by Crippen LogP contribution is -2.59. The van der Waals surface area contributed by atoms with Gasteiger partial charge in [-0.2, -0.15) is 0 Å². The highest BCUT2D eigenvalue weighted by Gasteiger charge is 2.40. The van der Waals surface area contributed by atoms with E-state index in [1.54, 1.807) is 0 Å². The van der Waals surface area contributed by atoms with Gasteiger partial charge >= 0.3 is 0 Å². The molecule has 0 spiro atoms. The van der Waals surface area contributed by atoms with Gasteiger partial charge in [0.05, 0.1) is 6.61 Å². The van der Waals surface area contributed by atoms with Crippen molar-refractivity contribution < 1.29 is 9.90 Å². The van der Waals surface area contributed by atoms with E-state index < -0.39 is 0 Å². The summed E-state index contributed by atoms with van der Waals surface area (Å²) in [5, 5.41) is 12.6. The van der Waals surface area contributed by atoms with Crippen molar-refractivity contribution in [2.24, 2.45) is 0 Å². The Labute approximate surface area is 120 Å². The van der Waals surface area contributed by atoms with Crippen LogP contribution in [-0.4, -0.2) is 22.0 Å². The molecule has 20 heavy (non-hydrogen) atoms. The molecule has 0 amide bonds. The molecule has 3 heteroatoms. The molecule has 0 unspecified atom stereocenters. The summed E-state index contributed by atoms with van der Waals surface area (Å²) in [6.45, 7) is 8.23. The lowest BCUT2D eigenvalue weighted by atomic mass is 9.77. The molecule has 2 N–H and O–H groups in total. The lowest BCUT2D eigenvalue weighted by Gasteiger charge is -2.43. The van der Waals surface area contributed by atoms with Crippen LogP contribution in [0.25, 0.3) is 6.08 Å². The first-order valence-corrected chi connectivity index (χ1v) is 6.98. The number of carbonyl (C=O) groups excluding carboxylic acids is 1. The molecule has 3 nitrogen and oxygen atoms in total. The van der Waals surface area contributed by atoms with Crippen LogP contribution in [0.15, 0.2) is 29.8 Å². The van der Waals surface area contributed by atoms with Crippen molar-refractivity contribution in [3.63, 3.8) is 0 Å². The molecule has 0 saturated carbocycles. The fraction of sp³-hybridized carbons (Fsp3) is 0.471. The predicted molar refractivity (Wildman–Crippen MR) is 81.3 cm³/mol. The average Bonchev–Trinajstić information content (AvgIpc) is 2.32. The molecule has 0 bridgehead atoms. The summed E-state index contributed by atoms with van der Waals surface area (Å²) >= 11 is 0. The van der Waals surface area contributed by atoms with E-state index in [1.165, 1.54) is 0 Å². The van der Waals surface area contributed by atoms with E-state index in [4.69, 9.17) is 5.11 Å². The van der Waals surface area contributed by atoms with Crippen LogP contribution in [0, 0.1) is 0 Å². The normalized spacial score (nSPS) is 23.1. The summed E-state index contributed by atoms with van der Waals surface area (Å²) in [7, 11) is 0. The van der Waals surface area contributed by atoms with Gasteiger partial charge in [0.2, 0.25) is 0 Å². The molecule has 1 heterocycles. The molecule has 1 aliphatic heterocycles. The monoisotopic (exact) mass is 273 g/mol. The van der Waals surface area contributed by atoms with E-state index in [-0.39, 0.29) is 23.5 Å². The molecule has 0 atom stereocenters. The van der Waals surface area contributed by atoms with Crippen LogP contribution in [0.2, 0.25) is 0 Å². The first-order valence-electron chi connectivity index (χ1n) is 6.98. The molecule has 0 aromatic heterocycles. The largest absolute Gasteiger partial charge is 0.392 e. The molecular formula is C17H23NO2. The Morgan fingerprint density at radius 3 is 2.30 bits per heavy atom. The number of benzene rings is 1. The standard InChI is InChI=1S/C17H23NO2/c1-16(2)10-15(20)14(17(3,4)18-16)9-12-5-7-13(11-19)8-6-12/h5-9,18-19H,10-11H2,1-4H3/b14-9-. The van der Waals surface area contributed by atoms with E-state index >= 15 is 0 Å². The zero-order chi connectivity index (χ0) is 15.0. The third kappa shape index (κ3) is 3.17. The number of hydrogen-bond donors (Lipinski definition) is 2. The zero-order valence-corrected chi connectivity index (χ0v) is 12.7. The number of nitrogens with one attached hydrogen (secondary N) is 1. The summed E-state index contributed by atoms with van der Waals surface area (Å²) in [6.07, 6.45) is 2.46. The van der Waals surface area contributed by atoms with E-state index in [9.17, 15) is 4.79 Å². The lowest BCUT2D eigenvalue weighted by molar-refractivity contribution is -0.119. The minimum atomic E-state index is -0.339. The Hall–Kier alpha value is -1.45. The molecule has 0 aliphatic carbocycles. The highest BCUT2D eigenvalue weighted by molar-refractivity contribution is 6.03. The Kier molecular flexibility index (Phi) is 3.85. The van der Waals surface area contributed by atoms with E-state index in [1.807, 2.05) is 44.2 Å². The van der Waals surface area contributed by atoms with Crippen molar-refractivity contribution >= 4 is 11.9 Å². The topological polar surface area (TPSA) is 49.3 Å². The van der Waals surface area contributed by atoms with Gasteiger partial charge in [-0.25, -0.2) is 0 Å². The van der Waals surface area contributed by atoms with Crippen LogP contribution in [0.3, 0.4) is 0 Å². The number of rotatable bonds is 2. The van der Waals surface area contributed by atoms with Gasteiger partial charge in [0.1, 0.15) is 0 Å². The quantitative estimate of drug-likeness (QED) is 0.815. The Balaban J connectivity index is 2.34. The second-order valence-electron chi connectivity index (χ2n) is 6.69. The fourth-order valence-corrected chi connectivity index (χ4v) is 2.95. The summed E-state index contributed by atoms with van der Waals surface area (Å²) in [5.74, 6) is 0.199. The molecule has 108 valence electrons. The maximum Gasteiger partial charge on any atom is 0.162 e. The van der Waals surface area contributed by atoms with Gasteiger partial charge < -0.3 is 10.4 Å². The van der Waals surface area contributed by atoms with Gasteiger partial charge in [-0.15, -0.1) is 0 Å². The molecule has 1 saturated heterocycles. The second kappa shape index (κ2) is 5.15. The SMILES string of the molecule is CC1(C)CC(=O)/C(=C/c2ccc(CO)cc2)C(C)(C)N1. The van der Waals surface area contributed by atoms with Crippen LogP contribution in [0.4, 0.5) is 0 Å². The van der Waals surface area contributed by atoms with Crippen molar-refractivity contribution in [2.75, 3.05) is 0 Å². The Morgan fingerprint density at radius 1 is 1.20 bits per heavy atom. The molecule has 2 rings (SSSR count). The second-order valence-corrected chi connectivity index (χ2v) is 6.69. The van der Waals surface area contributed by atoms with Crippen LogP contribution in [-0.2, 0) is 11.4 Å². The first-order chi connectivity index (χ1) is 9.23. The summed E-state index contributed by atoms with van der Waals surface area (Å²) < 4.78 is 0. The molecule has 1 aliphatic rings. The van der Waals surface area contributed by atoms with Crippen molar-refractivity contribution in [1.29, 1.82) is 0 Å². The van der Waals surface area contributed by atoms with Crippen molar-refractivity contribution in [3.05, 3.63) is 41.0 Å². The number of aliphatic hydroxyl groups excluding tert-OH is 1. The number of ketones is 1. The zero-order valence-electron chi connectivity index (χ0n) is 12.7. The van der Waals surface area contributed by atoms with Gasteiger partial charge in [-0.3, -0.25) is 4.79 Å². The van der Waals surface area contributed by atoms with Gasteiger partial charge in [0.15, 0.2) is 5.78 Å². The average molecular weight is 273 g/mol. The highest BCUT2D eigenvalue weighted by atomic mass is 16.3. The van der Waals surface area contributed by atoms with Crippen molar-refractivity contribution in [2.45, 2.75) is 51.8 Å². The Bertz CT molecular complexity index is 539. The number of hydrogen-bond acceptors (Lipinski definition) is 3. The first kappa shape index (κ1) is 14.9. The summed E-state index contributed by atoms with van der Waals surface area (Å²) in [5.41, 5.74) is 2.17. The third-order valence-electron chi connectivity index (χ3n) is 3.70. The maximum atomic E-state index is 12.4. The van der Waals surface area contributed by atoms with Crippen molar-refractivity contribution in [1.82, 2.24) is 5.32 Å². The third-order valence-corrected chi connectivity index (χ3v) is 3.70. The van der Waals surface area contributed by atoms with Crippen LogP contribution >= 0.6 is 0 Å². The van der Waals surface area contributed by atoms with E-state index in [0.29, 0.717) is 6.42 Å². The van der Waals surface area contributed by atoms with Gasteiger partial charge in [0.25, 0.3) is 0 Å². The Morgan fingerprint density at radius 2 is 1.80 bits per heavy atom. The van der Waals surface area contributed by atoms with Gasteiger partial charge in [-0.05, 0) is 44.9 Å². The molecule has 1 aromatic carbocycles. The number of Topliss-reactive ketones (excluding diaryl/α,β-unsaturated/α-hetero) is 1. The van der Waals surface area contributed by atoms with Gasteiger partial charge in [0, 0.05) is 23.1 Å².